The van der Waals surface area contributed by atoms with Crippen molar-refractivity contribution in [1.82, 2.24) is 4.90 Å². The van der Waals surface area contributed by atoms with Gasteiger partial charge in [-0.05, 0) is 49.8 Å². The van der Waals surface area contributed by atoms with E-state index in [-0.39, 0.29) is 18.2 Å². The molecule has 0 saturated carbocycles. The fraction of sp³-hybridized carbons (Fsp3) is 0.455. The number of benzene rings is 1. The molecule has 0 spiro atoms. The van der Waals surface area contributed by atoms with Gasteiger partial charge in [0, 0.05) is 31.2 Å². The van der Waals surface area contributed by atoms with Crippen molar-refractivity contribution >= 4 is 17.6 Å². The third-order valence-electron chi connectivity index (χ3n) is 6.00. The summed E-state index contributed by atoms with van der Waals surface area (Å²) in [7, 11) is 0. The first kappa shape index (κ1) is 18.6. The molecule has 0 radical (unpaired) electrons. The van der Waals surface area contributed by atoms with Gasteiger partial charge in [-0.1, -0.05) is 18.2 Å². The lowest BCUT2D eigenvalue weighted by Crippen LogP contribution is -2.39. The number of para-hydroxylation sites is 1. The summed E-state index contributed by atoms with van der Waals surface area (Å²) in [4.78, 5) is 28.1. The molecule has 1 N–H and O–H groups in total. The SMILES string of the molecule is CC1Cc2ccccc2N1Cc1occc1C(=O)N1CCC(CC(=O)O)CC1. The second kappa shape index (κ2) is 7.70. The first-order valence-electron chi connectivity index (χ1n) is 9.95. The second-order valence-electron chi connectivity index (χ2n) is 7.90. The molecule has 3 heterocycles. The number of rotatable bonds is 5. The van der Waals surface area contributed by atoms with Crippen molar-refractivity contribution < 1.29 is 19.1 Å². The molecule has 1 atom stereocenters. The van der Waals surface area contributed by atoms with Crippen molar-refractivity contribution in [3.63, 3.8) is 0 Å². The molecule has 1 unspecified atom stereocenters. The standard InChI is InChI=1S/C22H26N2O4/c1-15-12-17-4-2-3-5-19(17)24(15)14-20-18(8-11-28-20)22(27)23-9-6-16(7-10-23)13-21(25)26/h2-5,8,11,15-16H,6-7,9-10,12-14H2,1H3,(H,25,26). The third-order valence-corrected chi connectivity index (χ3v) is 6.00. The van der Waals surface area contributed by atoms with E-state index in [1.807, 2.05) is 11.0 Å². The van der Waals surface area contributed by atoms with Crippen LogP contribution < -0.4 is 4.90 Å². The van der Waals surface area contributed by atoms with Crippen LogP contribution in [0.4, 0.5) is 5.69 Å². The minimum absolute atomic E-state index is 0.0161. The molecule has 148 valence electrons. The van der Waals surface area contributed by atoms with Gasteiger partial charge in [0.2, 0.25) is 0 Å². The van der Waals surface area contributed by atoms with Gasteiger partial charge in [-0.2, -0.15) is 0 Å². The molecule has 2 aliphatic rings. The van der Waals surface area contributed by atoms with Crippen molar-refractivity contribution in [2.45, 2.75) is 45.2 Å². The molecule has 0 aliphatic carbocycles. The average Bonchev–Trinajstić information content (AvgIpc) is 3.26. The lowest BCUT2D eigenvalue weighted by atomic mass is 9.93. The second-order valence-corrected chi connectivity index (χ2v) is 7.90. The van der Waals surface area contributed by atoms with Gasteiger partial charge in [-0.15, -0.1) is 0 Å². The van der Waals surface area contributed by atoms with Crippen LogP contribution in [0.3, 0.4) is 0 Å². The van der Waals surface area contributed by atoms with Crippen LogP contribution in [0, 0.1) is 5.92 Å². The summed E-state index contributed by atoms with van der Waals surface area (Å²) in [6.45, 7) is 3.97. The summed E-state index contributed by atoms with van der Waals surface area (Å²) in [5, 5.41) is 8.96. The lowest BCUT2D eigenvalue weighted by Gasteiger charge is -2.31. The van der Waals surface area contributed by atoms with E-state index in [2.05, 4.69) is 30.0 Å². The maximum Gasteiger partial charge on any atom is 0.303 e. The van der Waals surface area contributed by atoms with Gasteiger partial charge >= 0.3 is 5.97 Å². The predicted octanol–water partition coefficient (Wildman–Crippen LogP) is 3.56. The number of fused-ring (bicyclic) bond motifs is 1. The Kier molecular flexibility index (Phi) is 5.11. The zero-order valence-electron chi connectivity index (χ0n) is 16.1. The van der Waals surface area contributed by atoms with Gasteiger partial charge in [-0.25, -0.2) is 0 Å². The fourth-order valence-corrected chi connectivity index (χ4v) is 4.44. The zero-order chi connectivity index (χ0) is 19.7. The van der Waals surface area contributed by atoms with Crippen molar-refractivity contribution in [2.75, 3.05) is 18.0 Å². The van der Waals surface area contributed by atoms with E-state index in [0.29, 0.717) is 37.0 Å². The maximum absolute atomic E-state index is 13.0. The van der Waals surface area contributed by atoms with Crippen LogP contribution in [0.15, 0.2) is 41.0 Å². The highest BCUT2D eigenvalue weighted by Crippen LogP contribution is 2.34. The number of amides is 1. The Hall–Kier alpha value is -2.76. The molecule has 1 fully saturated rings. The monoisotopic (exact) mass is 382 g/mol. The van der Waals surface area contributed by atoms with E-state index in [1.54, 1.807) is 12.3 Å². The Morgan fingerprint density at radius 3 is 2.68 bits per heavy atom. The van der Waals surface area contributed by atoms with E-state index < -0.39 is 5.97 Å². The number of piperidine rings is 1. The zero-order valence-corrected chi connectivity index (χ0v) is 16.1. The predicted molar refractivity (Wildman–Crippen MR) is 105 cm³/mol. The number of aliphatic carboxylic acids is 1. The fourth-order valence-electron chi connectivity index (χ4n) is 4.44. The number of carbonyl (C=O) groups excluding carboxylic acids is 1. The summed E-state index contributed by atoms with van der Waals surface area (Å²) in [5.74, 6) is 0.0769. The Bertz CT molecular complexity index is 867. The molecular formula is C22H26N2O4. The van der Waals surface area contributed by atoms with E-state index >= 15 is 0 Å². The van der Waals surface area contributed by atoms with E-state index in [0.717, 1.165) is 19.3 Å². The van der Waals surface area contributed by atoms with Crippen molar-refractivity contribution in [2.24, 2.45) is 5.92 Å². The lowest BCUT2D eigenvalue weighted by molar-refractivity contribution is -0.138. The van der Waals surface area contributed by atoms with Crippen molar-refractivity contribution in [1.29, 1.82) is 0 Å². The van der Waals surface area contributed by atoms with Crippen LogP contribution >= 0.6 is 0 Å². The number of carboxylic acids is 1. The van der Waals surface area contributed by atoms with Gasteiger partial charge in [0.15, 0.2) is 0 Å². The number of furan rings is 1. The topological polar surface area (TPSA) is 74.0 Å². The van der Waals surface area contributed by atoms with Gasteiger partial charge in [0.25, 0.3) is 5.91 Å². The normalized spacial score (nSPS) is 19.7. The molecule has 0 bridgehead atoms. The molecule has 1 amide bonds. The van der Waals surface area contributed by atoms with Crippen LogP contribution in [0.2, 0.25) is 0 Å². The van der Waals surface area contributed by atoms with Crippen LogP contribution in [0.5, 0.6) is 0 Å². The number of carbonyl (C=O) groups is 2. The number of nitrogens with zero attached hydrogens (tertiary/aromatic N) is 2. The van der Waals surface area contributed by atoms with Crippen LogP contribution in [0.1, 0.15) is 47.9 Å². The first-order chi connectivity index (χ1) is 13.5. The summed E-state index contributed by atoms with van der Waals surface area (Å²) >= 11 is 0. The summed E-state index contributed by atoms with van der Waals surface area (Å²) < 4.78 is 5.71. The molecule has 28 heavy (non-hydrogen) atoms. The average molecular weight is 382 g/mol. The Balaban J connectivity index is 1.45. The van der Waals surface area contributed by atoms with Crippen LogP contribution in [0.25, 0.3) is 0 Å². The highest BCUT2D eigenvalue weighted by molar-refractivity contribution is 5.95. The Morgan fingerprint density at radius 1 is 1.18 bits per heavy atom. The van der Waals surface area contributed by atoms with E-state index in [1.165, 1.54) is 11.3 Å². The van der Waals surface area contributed by atoms with Gasteiger partial charge < -0.3 is 19.3 Å². The number of carboxylic acid groups (broad SMARTS) is 1. The molecule has 6 nitrogen and oxygen atoms in total. The summed E-state index contributed by atoms with van der Waals surface area (Å²) in [5.41, 5.74) is 3.16. The van der Waals surface area contributed by atoms with Crippen molar-refractivity contribution in [3.05, 3.63) is 53.5 Å². The number of likely N-dealkylation sites (tertiary alicyclic amines) is 1. The molecule has 4 rings (SSSR count). The quantitative estimate of drug-likeness (QED) is 0.856. The molecule has 1 aromatic carbocycles. The summed E-state index contributed by atoms with van der Waals surface area (Å²) in [6.07, 6.45) is 4.25. The van der Waals surface area contributed by atoms with E-state index in [9.17, 15) is 9.59 Å². The molecule has 2 aliphatic heterocycles. The van der Waals surface area contributed by atoms with Crippen LogP contribution in [-0.2, 0) is 17.8 Å². The number of anilines is 1. The maximum atomic E-state index is 13.0. The molecule has 6 heteroatoms. The van der Waals surface area contributed by atoms with Crippen molar-refractivity contribution in [3.8, 4) is 0 Å². The van der Waals surface area contributed by atoms with Gasteiger partial charge in [-0.3, -0.25) is 9.59 Å². The smallest absolute Gasteiger partial charge is 0.303 e. The minimum Gasteiger partial charge on any atom is -0.481 e. The molecular weight excluding hydrogens is 356 g/mol. The minimum atomic E-state index is -0.762. The molecule has 1 aromatic heterocycles. The van der Waals surface area contributed by atoms with Gasteiger partial charge in [0.05, 0.1) is 18.4 Å². The van der Waals surface area contributed by atoms with E-state index in [4.69, 9.17) is 9.52 Å². The third kappa shape index (κ3) is 3.63. The largest absolute Gasteiger partial charge is 0.481 e. The highest BCUT2D eigenvalue weighted by atomic mass is 16.4. The molecule has 2 aromatic rings. The van der Waals surface area contributed by atoms with Crippen LogP contribution in [-0.4, -0.2) is 41.0 Å². The molecule has 1 saturated heterocycles. The number of hydrogen-bond donors (Lipinski definition) is 1. The Labute approximate surface area is 164 Å². The highest BCUT2D eigenvalue weighted by Gasteiger charge is 2.30. The summed E-state index contributed by atoms with van der Waals surface area (Å²) in [6, 6.07) is 10.5. The number of hydrogen-bond acceptors (Lipinski definition) is 4. The van der Waals surface area contributed by atoms with Gasteiger partial charge in [0.1, 0.15) is 5.76 Å². The Morgan fingerprint density at radius 2 is 1.93 bits per heavy atom. The first-order valence-corrected chi connectivity index (χ1v) is 9.95.